The number of carbonyl (C=O) groups excluding carboxylic acids is 1. The summed E-state index contributed by atoms with van der Waals surface area (Å²) >= 11 is 0. The zero-order valence-corrected chi connectivity index (χ0v) is 18.6. The van der Waals surface area contributed by atoms with Crippen LogP contribution in [0.5, 0.6) is 5.75 Å². The van der Waals surface area contributed by atoms with Crippen molar-refractivity contribution in [3.8, 4) is 5.75 Å². The Morgan fingerprint density at radius 1 is 1.13 bits per heavy atom. The average Bonchev–Trinajstić information content (AvgIpc) is 2.80. The Labute approximate surface area is 184 Å². The number of phenols is 1. The van der Waals surface area contributed by atoms with Crippen LogP contribution in [-0.2, 0) is 6.54 Å². The van der Waals surface area contributed by atoms with Crippen molar-refractivity contribution in [3.63, 3.8) is 0 Å². The van der Waals surface area contributed by atoms with Crippen LogP contribution in [0.15, 0.2) is 53.5 Å². The molecule has 0 bridgehead atoms. The first-order valence-electron chi connectivity index (χ1n) is 10.9. The van der Waals surface area contributed by atoms with Gasteiger partial charge in [-0.3, -0.25) is 9.79 Å². The fraction of sp³-hybridized carbons (Fsp3) is 0.417. The van der Waals surface area contributed by atoms with E-state index < -0.39 is 0 Å². The number of aliphatic imine (C=N–C) groups is 1. The molecule has 0 spiro atoms. The fourth-order valence-corrected chi connectivity index (χ4v) is 3.64. The number of hydrogen-bond acceptors (Lipinski definition) is 4. The lowest BCUT2D eigenvalue weighted by atomic mass is 10.1. The second kappa shape index (κ2) is 10.7. The number of amides is 1. The highest BCUT2D eigenvalue weighted by atomic mass is 16.3. The van der Waals surface area contributed by atoms with Gasteiger partial charge in [-0.05, 0) is 43.2 Å². The number of benzene rings is 2. The average molecular weight is 424 g/mol. The molecule has 0 aromatic heterocycles. The van der Waals surface area contributed by atoms with Gasteiger partial charge < -0.3 is 25.5 Å². The van der Waals surface area contributed by atoms with Crippen LogP contribution in [0.25, 0.3) is 0 Å². The Morgan fingerprint density at radius 3 is 2.55 bits per heavy atom. The lowest BCUT2D eigenvalue weighted by Crippen LogP contribution is -2.52. The lowest BCUT2D eigenvalue weighted by molar-refractivity contribution is 0.0939. The maximum atomic E-state index is 12.4. The van der Waals surface area contributed by atoms with Crippen molar-refractivity contribution in [2.24, 2.45) is 4.99 Å². The Kier molecular flexibility index (Phi) is 7.76. The summed E-state index contributed by atoms with van der Waals surface area (Å²) in [5.74, 6) is 1.11. The van der Waals surface area contributed by atoms with Crippen molar-refractivity contribution in [3.05, 3.63) is 59.7 Å². The van der Waals surface area contributed by atoms with Gasteiger partial charge in [0, 0.05) is 51.4 Å². The number of rotatable bonds is 6. The van der Waals surface area contributed by atoms with Crippen molar-refractivity contribution >= 4 is 17.6 Å². The van der Waals surface area contributed by atoms with Crippen LogP contribution in [0, 0.1) is 0 Å². The summed E-state index contributed by atoms with van der Waals surface area (Å²) in [6.45, 7) is 7.89. The molecule has 7 heteroatoms. The first-order chi connectivity index (χ1) is 15.0. The van der Waals surface area contributed by atoms with Crippen molar-refractivity contribution in [2.45, 2.75) is 32.9 Å². The molecule has 7 nitrogen and oxygen atoms in total. The topological polar surface area (TPSA) is 80.2 Å². The standard InChI is InChI=1S/C24H33N5O2/c1-4-18(2)27-23(31)20-9-7-8-19(16-20)17-26-24(25-3)29-14-12-28(13-15-29)21-10-5-6-11-22(21)30/h5-11,16,18,30H,4,12-15,17H2,1-3H3,(H,25,26)(H,27,31). The van der Waals surface area contributed by atoms with Crippen molar-refractivity contribution < 1.29 is 9.90 Å². The quantitative estimate of drug-likeness (QED) is 0.492. The van der Waals surface area contributed by atoms with Gasteiger partial charge in [-0.15, -0.1) is 0 Å². The summed E-state index contributed by atoms with van der Waals surface area (Å²) in [6.07, 6.45) is 0.903. The molecule has 3 N–H and O–H groups in total. The van der Waals surface area contributed by atoms with Gasteiger partial charge in [0.25, 0.3) is 5.91 Å². The van der Waals surface area contributed by atoms with E-state index in [1.54, 1.807) is 13.1 Å². The van der Waals surface area contributed by atoms with Crippen LogP contribution in [-0.4, -0.2) is 61.1 Å². The maximum absolute atomic E-state index is 12.4. The molecule has 31 heavy (non-hydrogen) atoms. The van der Waals surface area contributed by atoms with Gasteiger partial charge in [0.15, 0.2) is 5.96 Å². The number of anilines is 1. The van der Waals surface area contributed by atoms with E-state index >= 15 is 0 Å². The number of guanidine groups is 1. The summed E-state index contributed by atoms with van der Waals surface area (Å²) in [7, 11) is 1.79. The number of nitrogens with zero attached hydrogens (tertiary/aromatic N) is 3. The van der Waals surface area contributed by atoms with E-state index in [0.717, 1.165) is 49.8 Å². The van der Waals surface area contributed by atoms with Gasteiger partial charge in [0.2, 0.25) is 0 Å². The first-order valence-corrected chi connectivity index (χ1v) is 10.9. The van der Waals surface area contributed by atoms with Crippen molar-refractivity contribution in [1.29, 1.82) is 0 Å². The smallest absolute Gasteiger partial charge is 0.251 e. The van der Waals surface area contributed by atoms with Crippen LogP contribution >= 0.6 is 0 Å². The van der Waals surface area contributed by atoms with Gasteiger partial charge in [0.1, 0.15) is 5.75 Å². The predicted molar refractivity (Wildman–Crippen MR) is 126 cm³/mol. The third-order valence-corrected chi connectivity index (χ3v) is 5.64. The first kappa shape index (κ1) is 22.5. The molecule has 1 aliphatic rings. The molecule has 0 aliphatic carbocycles. The van der Waals surface area contributed by atoms with Crippen LogP contribution in [0.3, 0.4) is 0 Å². The molecule has 2 aromatic rings. The normalized spacial score (nSPS) is 15.5. The van der Waals surface area contributed by atoms with Crippen LogP contribution in [0.2, 0.25) is 0 Å². The molecule has 1 unspecified atom stereocenters. The van der Waals surface area contributed by atoms with Gasteiger partial charge in [-0.25, -0.2) is 0 Å². The molecule has 1 saturated heterocycles. The van der Waals surface area contributed by atoms with E-state index in [9.17, 15) is 9.90 Å². The molecule has 1 fully saturated rings. The second-order valence-corrected chi connectivity index (χ2v) is 7.85. The number of phenolic OH excluding ortho intramolecular Hbond substituents is 1. The minimum Gasteiger partial charge on any atom is -0.506 e. The van der Waals surface area contributed by atoms with Gasteiger partial charge in [-0.1, -0.05) is 31.2 Å². The summed E-state index contributed by atoms with van der Waals surface area (Å²) < 4.78 is 0. The zero-order chi connectivity index (χ0) is 22.2. The minimum atomic E-state index is -0.0409. The number of piperazine rings is 1. The molecular formula is C24H33N5O2. The Bertz CT molecular complexity index is 906. The molecule has 0 saturated carbocycles. The number of carbonyl (C=O) groups is 1. The van der Waals surface area contributed by atoms with Gasteiger partial charge in [-0.2, -0.15) is 0 Å². The highest BCUT2D eigenvalue weighted by Crippen LogP contribution is 2.27. The number of para-hydroxylation sites is 2. The van der Waals surface area contributed by atoms with E-state index in [2.05, 4.69) is 32.3 Å². The molecule has 1 atom stereocenters. The van der Waals surface area contributed by atoms with Gasteiger partial charge in [0.05, 0.1) is 5.69 Å². The van der Waals surface area contributed by atoms with E-state index in [0.29, 0.717) is 17.9 Å². The van der Waals surface area contributed by atoms with E-state index in [1.165, 1.54) is 0 Å². The third kappa shape index (κ3) is 5.90. The van der Waals surface area contributed by atoms with Crippen LogP contribution in [0.4, 0.5) is 5.69 Å². The highest BCUT2D eigenvalue weighted by Gasteiger charge is 2.21. The molecule has 1 aliphatic heterocycles. The molecule has 3 rings (SSSR count). The van der Waals surface area contributed by atoms with Crippen molar-refractivity contribution in [2.75, 3.05) is 38.1 Å². The van der Waals surface area contributed by atoms with Crippen molar-refractivity contribution in [1.82, 2.24) is 15.5 Å². The Hall–Kier alpha value is -3.22. The number of nitrogens with one attached hydrogen (secondary N) is 2. The van der Waals surface area contributed by atoms with Crippen LogP contribution in [0.1, 0.15) is 36.2 Å². The van der Waals surface area contributed by atoms with Gasteiger partial charge >= 0.3 is 0 Å². The Balaban J connectivity index is 1.55. The number of hydrogen-bond donors (Lipinski definition) is 3. The Morgan fingerprint density at radius 2 is 1.87 bits per heavy atom. The largest absolute Gasteiger partial charge is 0.506 e. The third-order valence-electron chi connectivity index (χ3n) is 5.64. The summed E-state index contributed by atoms with van der Waals surface area (Å²) in [4.78, 5) is 21.2. The summed E-state index contributed by atoms with van der Waals surface area (Å²) in [6, 6.07) is 15.3. The molecule has 0 radical (unpaired) electrons. The van der Waals surface area contributed by atoms with E-state index in [1.807, 2.05) is 49.4 Å². The molecule has 166 valence electrons. The monoisotopic (exact) mass is 423 g/mol. The molecule has 2 aromatic carbocycles. The fourth-order valence-electron chi connectivity index (χ4n) is 3.64. The zero-order valence-electron chi connectivity index (χ0n) is 18.6. The second-order valence-electron chi connectivity index (χ2n) is 7.85. The molecule has 1 amide bonds. The van der Waals surface area contributed by atoms with E-state index in [4.69, 9.17) is 0 Å². The summed E-state index contributed by atoms with van der Waals surface area (Å²) in [5, 5.41) is 16.5. The van der Waals surface area contributed by atoms with Crippen LogP contribution < -0.4 is 15.5 Å². The summed E-state index contributed by atoms with van der Waals surface area (Å²) in [5.41, 5.74) is 2.58. The number of aromatic hydroxyl groups is 1. The molecular weight excluding hydrogens is 390 g/mol. The van der Waals surface area contributed by atoms with E-state index in [-0.39, 0.29) is 11.9 Å². The SMILES string of the molecule is CCC(C)NC(=O)c1cccc(CNC(=NC)N2CCN(c3ccccc3O)CC2)c1. The molecule has 1 heterocycles. The highest BCUT2D eigenvalue weighted by molar-refractivity contribution is 5.94. The lowest BCUT2D eigenvalue weighted by Gasteiger charge is -2.37. The minimum absolute atomic E-state index is 0.0409. The maximum Gasteiger partial charge on any atom is 0.251 e. The predicted octanol–water partition coefficient (Wildman–Crippen LogP) is 2.82.